The van der Waals surface area contributed by atoms with Crippen molar-refractivity contribution in [2.45, 2.75) is 0 Å². The minimum Gasteiger partial charge on any atom is -0.393 e. The molecule has 19 heavy (non-hydrogen) atoms. The van der Waals surface area contributed by atoms with E-state index >= 15 is 0 Å². The number of carbonyl (C=O) groups excluding carboxylic acids is 1. The molecule has 8 nitrogen and oxygen atoms in total. The summed E-state index contributed by atoms with van der Waals surface area (Å²) in [7, 11) is 0. The van der Waals surface area contributed by atoms with Gasteiger partial charge in [-0.05, 0) is 6.07 Å². The van der Waals surface area contributed by atoms with E-state index in [0.29, 0.717) is 0 Å². The monoisotopic (exact) mass is 259 g/mol. The van der Waals surface area contributed by atoms with Crippen molar-refractivity contribution in [1.29, 1.82) is 10.5 Å². The Morgan fingerprint density at radius 2 is 1.95 bits per heavy atom. The number of anilines is 1. The lowest BCUT2D eigenvalue weighted by Gasteiger charge is -2.16. The Morgan fingerprint density at radius 3 is 2.42 bits per heavy atom. The second kappa shape index (κ2) is 5.98. The number of rotatable bonds is 4. The number of nitrogens with two attached hydrogens (primary N) is 1. The summed E-state index contributed by atoms with van der Waals surface area (Å²) >= 11 is 0. The van der Waals surface area contributed by atoms with Gasteiger partial charge < -0.3 is 10.6 Å². The molecule has 0 aliphatic heterocycles. The molecule has 8 heteroatoms. The molecule has 0 aromatic heterocycles. The fourth-order valence-corrected chi connectivity index (χ4v) is 1.44. The van der Waals surface area contributed by atoms with E-state index in [1.54, 1.807) is 12.1 Å². The lowest BCUT2D eigenvalue weighted by Crippen LogP contribution is -2.32. The van der Waals surface area contributed by atoms with Crippen LogP contribution in [0.2, 0.25) is 0 Å². The molecule has 1 aromatic carbocycles. The number of nitrogens with zero attached hydrogens (tertiary/aromatic N) is 4. The molecule has 0 saturated heterocycles. The van der Waals surface area contributed by atoms with Gasteiger partial charge in [0.05, 0.1) is 22.6 Å². The Bertz CT molecular complexity index is 583. The number of carbonyl (C=O) groups is 1. The van der Waals surface area contributed by atoms with Crippen molar-refractivity contribution in [2.24, 2.45) is 0 Å². The topological polar surface area (TPSA) is 137 Å². The van der Waals surface area contributed by atoms with Crippen LogP contribution in [0.25, 0.3) is 0 Å². The molecule has 0 unspecified atom stereocenters. The van der Waals surface area contributed by atoms with E-state index in [4.69, 9.17) is 16.3 Å². The van der Waals surface area contributed by atoms with Crippen molar-refractivity contribution in [2.75, 3.05) is 18.8 Å². The van der Waals surface area contributed by atoms with E-state index in [-0.39, 0.29) is 30.0 Å². The van der Waals surface area contributed by atoms with Gasteiger partial charge in [0.1, 0.15) is 18.8 Å². The molecule has 0 spiro atoms. The highest BCUT2D eigenvalue weighted by Gasteiger charge is 2.22. The van der Waals surface area contributed by atoms with Gasteiger partial charge in [-0.15, -0.1) is 0 Å². The molecule has 0 saturated carbocycles. The van der Waals surface area contributed by atoms with Gasteiger partial charge in [0.25, 0.3) is 11.6 Å². The van der Waals surface area contributed by atoms with Gasteiger partial charge in [-0.2, -0.15) is 10.5 Å². The Morgan fingerprint density at radius 1 is 1.37 bits per heavy atom. The maximum absolute atomic E-state index is 12.0. The van der Waals surface area contributed by atoms with E-state index < -0.39 is 10.8 Å². The van der Waals surface area contributed by atoms with Gasteiger partial charge in [0, 0.05) is 6.07 Å². The Labute approximate surface area is 108 Å². The average molecular weight is 259 g/mol. The van der Waals surface area contributed by atoms with Crippen LogP contribution in [0, 0.1) is 32.8 Å². The van der Waals surface area contributed by atoms with E-state index in [2.05, 4.69) is 0 Å². The predicted octanol–water partition coefficient (Wildman–Crippen LogP) is 0.666. The van der Waals surface area contributed by atoms with Crippen LogP contribution in [0.15, 0.2) is 18.2 Å². The summed E-state index contributed by atoms with van der Waals surface area (Å²) in [5, 5.41) is 27.9. The van der Waals surface area contributed by atoms with Crippen molar-refractivity contribution < 1.29 is 9.72 Å². The normalized spacial score (nSPS) is 9.16. The fourth-order valence-electron chi connectivity index (χ4n) is 1.44. The second-order valence-corrected chi connectivity index (χ2v) is 3.47. The molecule has 96 valence electrons. The summed E-state index contributed by atoms with van der Waals surface area (Å²) in [6, 6.07) is 7.28. The highest BCUT2D eigenvalue weighted by molar-refractivity contribution is 6.01. The standard InChI is InChI=1S/C11H9N5O3/c12-4-6-15(7-5-13)11(17)8-2-1-3-9(10(8)14)16(18)19/h1-3H,6-7,14H2. The SMILES string of the molecule is N#CCN(CC#N)C(=O)c1cccc([N+](=O)[O-])c1N. The number of amides is 1. The molecule has 1 aromatic rings. The number of hydrogen-bond acceptors (Lipinski definition) is 6. The second-order valence-electron chi connectivity index (χ2n) is 3.47. The minimum absolute atomic E-state index is 0.0975. The van der Waals surface area contributed by atoms with E-state index in [0.717, 1.165) is 4.90 Å². The van der Waals surface area contributed by atoms with Crippen molar-refractivity contribution in [3.8, 4) is 12.1 Å². The van der Waals surface area contributed by atoms with Crippen LogP contribution in [0.4, 0.5) is 11.4 Å². The summed E-state index contributed by atoms with van der Waals surface area (Å²) in [6.07, 6.45) is 0. The Kier molecular flexibility index (Phi) is 4.39. The highest BCUT2D eigenvalue weighted by Crippen LogP contribution is 2.25. The molecule has 1 amide bonds. The molecule has 1 rings (SSSR count). The summed E-state index contributed by atoms with van der Waals surface area (Å²) in [6.45, 7) is -0.594. The maximum atomic E-state index is 12.0. The number of para-hydroxylation sites is 1. The molecule has 0 fully saturated rings. The number of nitrogen functional groups attached to an aromatic ring is 1. The number of nitro groups is 1. The van der Waals surface area contributed by atoms with Crippen molar-refractivity contribution >= 4 is 17.3 Å². The summed E-state index contributed by atoms with van der Waals surface area (Å²) in [5.74, 6) is -0.690. The largest absolute Gasteiger partial charge is 0.393 e. The van der Waals surface area contributed by atoms with Crippen LogP contribution in [0.1, 0.15) is 10.4 Å². The van der Waals surface area contributed by atoms with Crippen LogP contribution in [0.5, 0.6) is 0 Å². The Balaban J connectivity index is 3.19. The van der Waals surface area contributed by atoms with Gasteiger partial charge in [-0.25, -0.2) is 0 Å². The number of nitro benzene ring substituents is 1. The van der Waals surface area contributed by atoms with Gasteiger partial charge in [-0.1, -0.05) is 6.07 Å². The molecule has 0 aliphatic rings. The first-order valence-corrected chi connectivity index (χ1v) is 5.09. The zero-order valence-corrected chi connectivity index (χ0v) is 9.74. The van der Waals surface area contributed by atoms with Crippen LogP contribution in [0.3, 0.4) is 0 Å². The average Bonchev–Trinajstić information content (AvgIpc) is 2.37. The molecule has 0 aliphatic carbocycles. The third kappa shape index (κ3) is 2.96. The highest BCUT2D eigenvalue weighted by atomic mass is 16.6. The van der Waals surface area contributed by atoms with E-state index in [1.165, 1.54) is 18.2 Å². The lowest BCUT2D eigenvalue weighted by atomic mass is 10.1. The molecule has 0 heterocycles. The van der Waals surface area contributed by atoms with Crippen LogP contribution >= 0.6 is 0 Å². The van der Waals surface area contributed by atoms with Gasteiger partial charge in [0.15, 0.2) is 0 Å². The molecule has 0 radical (unpaired) electrons. The van der Waals surface area contributed by atoms with E-state index in [9.17, 15) is 14.9 Å². The predicted molar refractivity (Wildman–Crippen MR) is 64.6 cm³/mol. The van der Waals surface area contributed by atoms with Crippen LogP contribution < -0.4 is 5.73 Å². The first kappa shape index (κ1) is 13.9. The quantitative estimate of drug-likeness (QED) is 0.365. The molecule has 2 N–H and O–H groups in total. The maximum Gasteiger partial charge on any atom is 0.292 e. The minimum atomic E-state index is -0.703. The van der Waals surface area contributed by atoms with Crippen LogP contribution in [-0.2, 0) is 0 Å². The van der Waals surface area contributed by atoms with Crippen molar-refractivity contribution in [3.05, 3.63) is 33.9 Å². The zero-order valence-electron chi connectivity index (χ0n) is 9.74. The smallest absolute Gasteiger partial charge is 0.292 e. The molecular weight excluding hydrogens is 250 g/mol. The third-order valence-corrected chi connectivity index (χ3v) is 2.32. The van der Waals surface area contributed by atoms with Crippen molar-refractivity contribution in [3.63, 3.8) is 0 Å². The number of nitriles is 2. The number of hydrogen-bond donors (Lipinski definition) is 1. The summed E-state index contributed by atoms with van der Waals surface area (Å²) in [5.41, 5.74) is 4.79. The molecule has 0 bridgehead atoms. The molecular formula is C11H9N5O3. The lowest BCUT2D eigenvalue weighted by molar-refractivity contribution is -0.383. The Hall–Kier alpha value is -3.13. The first-order chi connectivity index (χ1) is 9.02. The fraction of sp³-hybridized carbons (Fsp3) is 0.182. The van der Waals surface area contributed by atoms with Crippen LogP contribution in [-0.4, -0.2) is 28.8 Å². The van der Waals surface area contributed by atoms with Gasteiger partial charge in [0.2, 0.25) is 0 Å². The van der Waals surface area contributed by atoms with Gasteiger partial charge >= 0.3 is 0 Å². The van der Waals surface area contributed by atoms with Gasteiger partial charge in [-0.3, -0.25) is 14.9 Å². The first-order valence-electron chi connectivity index (χ1n) is 5.09. The van der Waals surface area contributed by atoms with E-state index in [1.807, 2.05) is 0 Å². The van der Waals surface area contributed by atoms with Crippen molar-refractivity contribution in [1.82, 2.24) is 4.90 Å². The summed E-state index contributed by atoms with van der Waals surface area (Å²) < 4.78 is 0. The zero-order chi connectivity index (χ0) is 14.4. The third-order valence-electron chi connectivity index (χ3n) is 2.32. The summed E-state index contributed by atoms with van der Waals surface area (Å²) in [4.78, 5) is 23.0. The molecule has 0 atom stereocenters. The number of benzene rings is 1.